The average molecular weight is 411 g/mol. The molecule has 0 bridgehead atoms. The van der Waals surface area contributed by atoms with E-state index in [0.717, 1.165) is 35.3 Å². The second kappa shape index (κ2) is 9.97. The number of amides is 2. The van der Waals surface area contributed by atoms with Gasteiger partial charge in [0.1, 0.15) is 5.37 Å². The van der Waals surface area contributed by atoms with Crippen LogP contribution in [0.4, 0.5) is 11.4 Å². The van der Waals surface area contributed by atoms with Gasteiger partial charge in [-0.1, -0.05) is 56.0 Å². The third-order valence-corrected chi connectivity index (χ3v) is 6.40. The van der Waals surface area contributed by atoms with Gasteiger partial charge in [0.15, 0.2) is 0 Å². The molecule has 1 heterocycles. The van der Waals surface area contributed by atoms with E-state index < -0.39 is 0 Å². The largest absolute Gasteiger partial charge is 0.326 e. The molecule has 2 aromatic carbocycles. The van der Waals surface area contributed by atoms with Gasteiger partial charge in [0.2, 0.25) is 11.8 Å². The molecule has 3 rings (SSSR count). The number of aryl methyl sites for hydroxylation is 2. The van der Waals surface area contributed by atoms with Crippen LogP contribution in [0, 0.1) is 13.8 Å². The number of thioether (sulfide) groups is 1. The summed E-state index contributed by atoms with van der Waals surface area (Å²) in [4.78, 5) is 26.8. The van der Waals surface area contributed by atoms with E-state index in [9.17, 15) is 9.59 Å². The van der Waals surface area contributed by atoms with E-state index in [-0.39, 0.29) is 17.2 Å². The van der Waals surface area contributed by atoms with Gasteiger partial charge in [0.05, 0.1) is 5.75 Å². The Hall–Kier alpha value is -2.27. The summed E-state index contributed by atoms with van der Waals surface area (Å²) >= 11 is 1.63. The minimum atomic E-state index is -0.0784. The molecule has 1 unspecified atom stereocenters. The molecule has 0 saturated carbocycles. The third kappa shape index (κ3) is 5.41. The highest BCUT2D eigenvalue weighted by Gasteiger charge is 2.34. The van der Waals surface area contributed by atoms with Crippen LogP contribution < -0.4 is 10.2 Å². The Kier molecular flexibility index (Phi) is 7.37. The van der Waals surface area contributed by atoms with Crippen molar-refractivity contribution in [3.8, 4) is 0 Å². The first-order valence-corrected chi connectivity index (χ1v) is 11.4. The summed E-state index contributed by atoms with van der Waals surface area (Å²) in [6, 6.07) is 14.1. The predicted molar refractivity (Wildman–Crippen MR) is 122 cm³/mol. The van der Waals surface area contributed by atoms with Crippen molar-refractivity contribution in [1.29, 1.82) is 0 Å². The summed E-state index contributed by atoms with van der Waals surface area (Å²) in [6.07, 6.45) is 4.90. The molecule has 0 spiro atoms. The number of hydrogen-bond acceptors (Lipinski definition) is 3. The molecule has 0 aromatic heterocycles. The van der Waals surface area contributed by atoms with Crippen LogP contribution in [-0.4, -0.2) is 17.6 Å². The maximum atomic E-state index is 12.7. The topological polar surface area (TPSA) is 49.4 Å². The van der Waals surface area contributed by atoms with Crippen LogP contribution in [0.2, 0.25) is 0 Å². The lowest BCUT2D eigenvalue weighted by molar-refractivity contribution is -0.117. The van der Waals surface area contributed by atoms with Gasteiger partial charge >= 0.3 is 0 Å². The number of rotatable bonds is 8. The molecular weight excluding hydrogens is 380 g/mol. The van der Waals surface area contributed by atoms with E-state index in [0.29, 0.717) is 12.2 Å². The monoisotopic (exact) mass is 410 g/mol. The van der Waals surface area contributed by atoms with Crippen molar-refractivity contribution in [3.63, 3.8) is 0 Å². The Balaban J connectivity index is 1.75. The van der Waals surface area contributed by atoms with Gasteiger partial charge in [0, 0.05) is 17.8 Å². The molecule has 1 aliphatic heterocycles. The number of carbonyl (C=O) groups is 2. The number of hydrogen-bond donors (Lipinski definition) is 1. The molecule has 1 aliphatic rings. The lowest BCUT2D eigenvalue weighted by atomic mass is 10.1. The minimum absolute atomic E-state index is 0.0552. The van der Waals surface area contributed by atoms with Crippen molar-refractivity contribution in [2.75, 3.05) is 16.0 Å². The van der Waals surface area contributed by atoms with Gasteiger partial charge in [-0.15, -0.1) is 11.8 Å². The zero-order chi connectivity index (χ0) is 20.8. The first-order chi connectivity index (χ1) is 14.0. The van der Waals surface area contributed by atoms with E-state index in [1.54, 1.807) is 11.8 Å². The van der Waals surface area contributed by atoms with Gasteiger partial charge in [-0.2, -0.15) is 0 Å². The second-order valence-electron chi connectivity index (χ2n) is 7.70. The maximum absolute atomic E-state index is 12.7. The number of nitrogens with zero attached hydrogens (tertiary/aromatic N) is 1. The fourth-order valence-electron chi connectivity index (χ4n) is 3.71. The van der Waals surface area contributed by atoms with Gasteiger partial charge < -0.3 is 5.32 Å². The standard InChI is InChI=1S/C24H30N2O2S/c1-4-5-6-7-11-22(27)25-20-10-8-9-19(15-20)24-26(23(28)16-29-24)21-13-12-17(2)14-18(21)3/h8-10,12-15,24H,4-7,11,16H2,1-3H3,(H,25,27). The second-order valence-corrected chi connectivity index (χ2v) is 8.77. The molecule has 2 aromatic rings. The van der Waals surface area contributed by atoms with Gasteiger partial charge in [-0.3, -0.25) is 14.5 Å². The van der Waals surface area contributed by atoms with Crippen molar-refractivity contribution in [2.45, 2.75) is 58.2 Å². The maximum Gasteiger partial charge on any atom is 0.238 e. The SMILES string of the molecule is CCCCCCC(=O)Nc1cccc(C2SCC(=O)N2c2ccc(C)cc2C)c1. The number of unbranched alkanes of at least 4 members (excludes halogenated alkanes) is 3. The highest BCUT2D eigenvalue weighted by atomic mass is 32.2. The van der Waals surface area contributed by atoms with Gasteiger partial charge in [0.25, 0.3) is 0 Å². The van der Waals surface area contributed by atoms with Crippen molar-refractivity contribution >= 4 is 35.0 Å². The van der Waals surface area contributed by atoms with Crippen LogP contribution in [0.3, 0.4) is 0 Å². The van der Waals surface area contributed by atoms with E-state index in [4.69, 9.17) is 0 Å². The number of nitrogens with one attached hydrogen (secondary N) is 1. The van der Waals surface area contributed by atoms with E-state index in [2.05, 4.69) is 25.2 Å². The average Bonchev–Trinajstić information content (AvgIpc) is 3.07. The van der Waals surface area contributed by atoms with Crippen LogP contribution in [0.1, 0.15) is 61.1 Å². The molecule has 2 amide bonds. The molecule has 29 heavy (non-hydrogen) atoms. The highest BCUT2D eigenvalue weighted by molar-refractivity contribution is 8.00. The quantitative estimate of drug-likeness (QED) is 0.544. The summed E-state index contributed by atoms with van der Waals surface area (Å²) < 4.78 is 0. The van der Waals surface area contributed by atoms with Crippen molar-refractivity contribution < 1.29 is 9.59 Å². The first kappa shape index (κ1) is 21.4. The predicted octanol–water partition coefficient (Wildman–Crippen LogP) is 5.99. The lowest BCUT2D eigenvalue weighted by Gasteiger charge is -2.26. The van der Waals surface area contributed by atoms with Gasteiger partial charge in [-0.05, 0) is 49.6 Å². The van der Waals surface area contributed by atoms with Gasteiger partial charge in [-0.25, -0.2) is 0 Å². The van der Waals surface area contributed by atoms with Crippen LogP contribution in [0.15, 0.2) is 42.5 Å². The molecule has 1 N–H and O–H groups in total. The fourth-order valence-corrected chi connectivity index (χ4v) is 4.87. The molecule has 1 atom stereocenters. The van der Waals surface area contributed by atoms with Crippen molar-refractivity contribution in [1.82, 2.24) is 0 Å². The number of carbonyl (C=O) groups excluding carboxylic acids is 2. The summed E-state index contributed by atoms with van der Waals surface area (Å²) in [6.45, 7) is 6.27. The number of benzene rings is 2. The van der Waals surface area contributed by atoms with Crippen LogP contribution in [-0.2, 0) is 9.59 Å². The Morgan fingerprint density at radius 1 is 1.14 bits per heavy atom. The van der Waals surface area contributed by atoms with E-state index in [1.807, 2.05) is 48.2 Å². The molecule has 4 nitrogen and oxygen atoms in total. The Morgan fingerprint density at radius 2 is 1.97 bits per heavy atom. The molecule has 154 valence electrons. The lowest BCUT2D eigenvalue weighted by Crippen LogP contribution is -2.28. The summed E-state index contributed by atoms with van der Waals surface area (Å²) in [7, 11) is 0. The van der Waals surface area contributed by atoms with Crippen molar-refractivity contribution in [3.05, 3.63) is 59.2 Å². The molecule has 0 radical (unpaired) electrons. The fraction of sp³-hybridized carbons (Fsp3) is 0.417. The van der Waals surface area contributed by atoms with Crippen LogP contribution in [0.25, 0.3) is 0 Å². The molecular formula is C24H30N2O2S. The van der Waals surface area contributed by atoms with Crippen LogP contribution >= 0.6 is 11.8 Å². The molecule has 0 aliphatic carbocycles. The van der Waals surface area contributed by atoms with E-state index in [1.165, 1.54) is 18.4 Å². The van der Waals surface area contributed by atoms with Crippen LogP contribution in [0.5, 0.6) is 0 Å². The molecule has 1 saturated heterocycles. The first-order valence-electron chi connectivity index (χ1n) is 10.4. The number of anilines is 2. The highest BCUT2D eigenvalue weighted by Crippen LogP contribution is 2.43. The normalized spacial score (nSPS) is 16.3. The zero-order valence-electron chi connectivity index (χ0n) is 17.5. The summed E-state index contributed by atoms with van der Waals surface area (Å²) in [5.74, 6) is 0.642. The smallest absolute Gasteiger partial charge is 0.238 e. The Morgan fingerprint density at radius 3 is 2.72 bits per heavy atom. The Bertz CT molecular complexity index is 881. The van der Waals surface area contributed by atoms with E-state index >= 15 is 0 Å². The molecule has 1 fully saturated rings. The summed E-state index contributed by atoms with van der Waals surface area (Å²) in [5, 5.41) is 2.94. The molecule has 5 heteroatoms. The third-order valence-electron chi connectivity index (χ3n) is 5.19. The van der Waals surface area contributed by atoms with Crippen molar-refractivity contribution in [2.24, 2.45) is 0 Å². The Labute approximate surface area is 178 Å². The zero-order valence-corrected chi connectivity index (χ0v) is 18.3. The minimum Gasteiger partial charge on any atom is -0.326 e. The summed E-state index contributed by atoms with van der Waals surface area (Å²) in [5.41, 5.74) is 5.07.